The molecule has 0 aliphatic carbocycles. The fraction of sp³-hybridized carbons (Fsp3) is 0.738. The van der Waals surface area contributed by atoms with E-state index < -0.39 is 6.10 Å². The van der Waals surface area contributed by atoms with Crippen molar-refractivity contribution >= 4 is 17.9 Å². The highest BCUT2D eigenvalue weighted by atomic mass is 16.6. The highest BCUT2D eigenvalue weighted by molar-refractivity contribution is 5.71. The molecule has 0 radical (unpaired) electrons. The summed E-state index contributed by atoms with van der Waals surface area (Å²) in [6.45, 7) is 6.54. The van der Waals surface area contributed by atoms with Crippen LogP contribution in [0.4, 0.5) is 0 Å². The summed E-state index contributed by atoms with van der Waals surface area (Å²) >= 11 is 0. The maximum Gasteiger partial charge on any atom is 0.306 e. The van der Waals surface area contributed by atoms with Crippen LogP contribution in [0.3, 0.4) is 0 Å². The lowest BCUT2D eigenvalue weighted by molar-refractivity contribution is -0.167. The van der Waals surface area contributed by atoms with E-state index in [0.717, 1.165) is 77.0 Å². The number of hydrogen-bond acceptors (Lipinski definition) is 6. The van der Waals surface area contributed by atoms with Gasteiger partial charge in [0, 0.05) is 19.3 Å². The molecule has 0 aromatic rings. The molecule has 0 amide bonds. The highest BCUT2D eigenvalue weighted by Crippen LogP contribution is 2.15. The van der Waals surface area contributed by atoms with Crippen LogP contribution in [0.2, 0.25) is 0 Å². The summed E-state index contributed by atoms with van der Waals surface area (Å²) in [5.41, 5.74) is 0. The smallest absolute Gasteiger partial charge is 0.306 e. The minimum absolute atomic E-state index is 0.0950. The Balaban J connectivity index is 4.42. The van der Waals surface area contributed by atoms with E-state index in [-0.39, 0.29) is 37.5 Å². The van der Waals surface area contributed by atoms with Gasteiger partial charge in [-0.1, -0.05) is 234 Å². The predicted molar refractivity (Wildman–Crippen MR) is 307 cm³/mol. The zero-order valence-electron chi connectivity index (χ0n) is 46.7. The van der Waals surface area contributed by atoms with E-state index in [1.165, 1.54) is 167 Å². The van der Waals surface area contributed by atoms with Gasteiger partial charge in [0.05, 0.1) is 0 Å². The quantitative estimate of drug-likeness (QED) is 0.0261. The van der Waals surface area contributed by atoms with Gasteiger partial charge in [0.25, 0.3) is 0 Å². The third-order valence-corrected chi connectivity index (χ3v) is 12.8. The molecule has 0 N–H and O–H groups in total. The fourth-order valence-corrected chi connectivity index (χ4v) is 8.27. The fourth-order valence-electron chi connectivity index (χ4n) is 8.27. The molecule has 0 rings (SSSR count). The number of carbonyl (C=O) groups is 3. The summed E-state index contributed by atoms with van der Waals surface area (Å²) in [5.74, 6) is -0.934. The standard InChI is InChI=1S/C65H112O6/c1-4-7-10-13-16-19-22-25-28-30-32-34-37-39-42-45-48-51-54-57-63(66)69-60-62(71-65(68)59-56-53-50-47-44-41-36-27-24-21-18-15-12-9-6-3)61-70-64(67)58-55-52-49-46-43-40-38-35-33-31-29-26-23-20-17-14-11-8-5-2/h16-21,25-29,36,44,47,62H,4-15,22-24,30-35,37-43,45-46,48-61H2,1-3H3/b19-16-,20-17-,21-18-,28-25-,29-26-,36-27-,47-44-. The average molecular weight is 990 g/mol. The van der Waals surface area contributed by atoms with Crippen LogP contribution in [0.1, 0.15) is 290 Å². The molecule has 6 nitrogen and oxygen atoms in total. The Bertz CT molecular complexity index is 1300. The van der Waals surface area contributed by atoms with Gasteiger partial charge >= 0.3 is 17.9 Å². The van der Waals surface area contributed by atoms with Crippen molar-refractivity contribution in [1.29, 1.82) is 0 Å². The number of ether oxygens (including phenoxy) is 3. The minimum atomic E-state index is -0.801. The molecule has 0 aromatic carbocycles. The zero-order valence-corrected chi connectivity index (χ0v) is 46.7. The van der Waals surface area contributed by atoms with E-state index in [1.807, 2.05) is 0 Å². The van der Waals surface area contributed by atoms with Crippen molar-refractivity contribution in [3.63, 3.8) is 0 Å². The third kappa shape index (κ3) is 57.4. The molecule has 0 fully saturated rings. The van der Waals surface area contributed by atoms with Crippen molar-refractivity contribution in [2.24, 2.45) is 0 Å². The molecular weight excluding hydrogens is 877 g/mol. The van der Waals surface area contributed by atoms with Crippen LogP contribution in [0.15, 0.2) is 85.1 Å². The van der Waals surface area contributed by atoms with E-state index in [4.69, 9.17) is 14.2 Å². The Morgan fingerprint density at radius 3 is 0.817 bits per heavy atom. The lowest BCUT2D eigenvalue weighted by Gasteiger charge is -2.18. The lowest BCUT2D eigenvalue weighted by Crippen LogP contribution is -2.30. The number of carbonyl (C=O) groups excluding carboxylic acids is 3. The third-order valence-electron chi connectivity index (χ3n) is 12.8. The van der Waals surface area contributed by atoms with Crippen LogP contribution >= 0.6 is 0 Å². The molecule has 0 spiro atoms. The van der Waals surface area contributed by atoms with Gasteiger partial charge < -0.3 is 14.2 Å². The summed E-state index contributed by atoms with van der Waals surface area (Å²) in [6.07, 6.45) is 77.1. The van der Waals surface area contributed by atoms with Gasteiger partial charge in [-0.3, -0.25) is 14.4 Å². The maximum atomic E-state index is 12.9. The molecule has 0 aromatic heterocycles. The van der Waals surface area contributed by atoms with Gasteiger partial charge in [0.2, 0.25) is 0 Å². The lowest BCUT2D eigenvalue weighted by atomic mass is 10.1. The van der Waals surface area contributed by atoms with E-state index in [9.17, 15) is 14.4 Å². The molecule has 408 valence electrons. The van der Waals surface area contributed by atoms with Gasteiger partial charge in [-0.05, 0) is 122 Å². The molecule has 6 heteroatoms. The molecule has 71 heavy (non-hydrogen) atoms. The first-order chi connectivity index (χ1) is 35.0. The van der Waals surface area contributed by atoms with E-state index in [0.29, 0.717) is 19.3 Å². The van der Waals surface area contributed by atoms with Crippen molar-refractivity contribution in [3.05, 3.63) is 85.1 Å². The van der Waals surface area contributed by atoms with E-state index >= 15 is 0 Å². The first-order valence-electron chi connectivity index (χ1n) is 30.1. The maximum absolute atomic E-state index is 12.9. The Labute approximate surface area is 439 Å². The number of allylic oxidation sites excluding steroid dienone is 14. The Morgan fingerprint density at radius 1 is 0.282 bits per heavy atom. The first kappa shape index (κ1) is 67.6. The summed E-state index contributed by atoms with van der Waals surface area (Å²) in [5, 5.41) is 0. The van der Waals surface area contributed by atoms with Crippen molar-refractivity contribution in [2.45, 2.75) is 297 Å². The van der Waals surface area contributed by atoms with Crippen LogP contribution in [0.5, 0.6) is 0 Å². The average Bonchev–Trinajstić information content (AvgIpc) is 3.37. The molecule has 0 aliphatic rings. The molecule has 0 saturated heterocycles. The van der Waals surface area contributed by atoms with Crippen LogP contribution in [0.25, 0.3) is 0 Å². The predicted octanol–water partition coefficient (Wildman–Crippen LogP) is 20.3. The van der Waals surface area contributed by atoms with E-state index in [1.54, 1.807) is 0 Å². The Hall–Kier alpha value is -3.41. The van der Waals surface area contributed by atoms with Gasteiger partial charge in [0.1, 0.15) is 13.2 Å². The highest BCUT2D eigenvalue weighted by Gasteiger charge is 2.19. The second kappa shape index (κ2) is 59.2. The van der Waals surface area contributed by atoms with Crippen molar-refractivity contribution in [3.8, 4) is 0 Å². The molecule has 0 heterocycles. The summed E-state index contributed by atoms with van der Waals surface area (Å²) in [7, 11) is 0. The van der Waals surface area contributed by atoms with Crippen LogP contribution < -0.4 is 0 Å². The molecular formula is C65H112O6. The largest absolute Gasteiger partial charge is 0.462 e. The molecule has 0 aliphatic heterocycles. The van der Waals surface area contributed by atoms with Gasteiger partial charge in [-0.25, -0.2) is 0 Å². The number of unbranched alkanes of at least 4 members (excludes halogenated alkanes) is 29. The van der Waals surface area contributed by atoms with Crippen LogP contribution in [0, 0.1) is 0 Å². The molecule has 0 saturated carbocycles. The second-order valence-corrected chi connectivity index (χ2v) is 19.9. The van der Waals surface area contributed by atoms with Crippen LogP contribution in [-0.4, -0.2) is 37.2 Å². The van der Waals surface area contributed by atoms with Gasteiger partial charge in [-0.2, -0.15) is 0 Å². The second-order valence-electron chi connectivity index (χ2n) is 19.9. The number of hydrogen-bond donors (Lipinski definition) is 0. The van der Waals surface area contributed by atoms with Crippen molar-refractivity contribution in [2.75, 3.05) is 13.2 Å². The minimum Gasteiger partial charge on any atom is -0.462 e. The monoisotopic (exact) mass is 989 g/mol. The van der Waals surface area contributed by atoms with Gasteiger partial charge in [0.15, 0.2) is 6.10 Å². The van der Waals surface area contributed by atoms with Gasteiger partial charge in [-0.15, -0.1) is 0 Å². The summed E-state index contributed by atoms with van der Waals surface area (Å²) in [4.78, 5) is 38.2. The Morgan fingerprint density at radius 2 is 0.507 bits per heavy atom. The van der Waals surface area contributed by atoms with Crippen LogP contribution in [-0.2, 0) is 28.6 Å². The number of rotatable bonds is 54. The normalized spacial score (nSPS) is 12.3. The summed E-state index contributed by atoms with van der Waals surface area (Å²) < 4.78 is 16.9. The van der Waals surface area contributed by atoms with E-state index in [2.05, 4.69) is 106 Å². The van der Waals surface area contributed by atoms with Crippen molar-refractivity contribution in [1.82, 2.24) is 0 Å². The Kier molecular flexibility index (Phi) is 56.3. The molecule has 0 atom stereocenters. The SMILES string of the molecule is CCCCC/C=C\C/C=C\C/C=C\CCCCC(=O)OC(COC(=O)CCCCCCCCCCC/C=C\C/C=C\CCCCC)COC(=O)CCCCCCCCCCC/C=C\C/C=C\CCCCC. The topological polar surface area (TPSA) is 78.9 Å². The molecule has 0 bridgehead atoms. The zero-order chi connectivity index (χ0) is 51.4. The first-order valence-corrected chi connectivity index (χ1v) is 30.1. The number of esters is 3. The molecule has 0 unspecified atom stereocenters. The summed E-state index contributed by atoms with van der Waals surface area (Å²) in [6, 6.07) is 0. The van der Waals surface area contributed by atoms with Crippen molar-refractivity contribution < 1.29 is 28.6 Å².